The van der Waals surface area contributed by atoms with E-state index >= 15 is 0 Å². The molecular weight excluding hydrogens is 466 g/mol. The van der Waals surface area contributed by atoms with E-state index in [1.54, 1.807) is 26.2 Å². The van der Waals surface area contributed by atoms with Crippen molar-refractivity contribution in [2.45, 2.75) is 13.0 Å². The molecule has 190 valence electrons. The molecule has 1 saturated heterocycles. The molecule has 2 N–H and O–H groups in total. The number of anilines is 1. The van der Waals surface area contributed by atoms with E-state index < -0.39 is 23.0 Å². The first-order chi connectivity index (χ1) is 17.4. The van der Waals surface area contributed by atoms with Crippen LogP contribution in [0.15, 0.2) is 59.8 Å². The molecule has 2 amide bonds. The summed E-state index contributed by atoms with van der Waals surface area (Å²) in [5.41, 5.74) is 2.35. The van der Waals surface area contributed by atoms with Gasteiger partial charge in [0.1, 0.15) is 5.75 Å². The number of nitrogens with zero attached hydrogens (tertiary/aromatic N) is 3. The van der Waals surface area contributed by atoms with Gasteiger partial charge in [-0.2, -0.15) is 0 Å². The number of benzene rings is 2. The number of hydrogen-bond donors (Lipinski definition) is 2. The van der Waals surface area contributed by atoms with Crippen LogP contribution in [-0.2, 0) is 9.53 Å². The number of amides is 2. The summed E-state index contributed by atoms with van der Waals surface area (Å²) in [4.78, 5) is 40.5. The molecule has 0 aliphatic carbocycles. The minimum absolute atomic E-state index is 0.0735. The fourth-order valence-corrected chi connectivity index (χ4v) is 4.41. The molecule has 0 aromatic heterocycles. The van der Waals surface area contributed by atoms with Gasteiger partial charge in [-0.05, 0) is 48.9 Å². The Hall–Kier alpha value is -4.12. The SMILES string of the molecule is CCOC(=O)C1=C(CN2CCN(c3ccc(OC)cc3)CC2)NC(=O)N[C@@H]1c1ccc([N+](=O)[O-])cc1. The maximum Gasteiger partial charge on any atom is 0.338 e. The van der Waals surface area contributed by atoms with Crippen LogP contribution in [0.3, 0.4) is 0 Å². The number of non-ortho nitro benzene ring substituents is 1. The Morgan fingerprint density at radius 1 is 1.08 bits per heavy atom. The summed E-state index contributed by atoms with van der Waals surface area (Å²) >= 11 is 0. The third-order valence-electron chi connectivity index (χ3n) is 6.28. The van der Waals surface area contributed by atoms with Crippen LogP contribution in [0.5, 0.6) is 5.75 Å². The molecular formula is C25H29N5O6. The van der Waals surface area contributed by atoms with Gasteiger partial charge in [-0.15, -0.1) is 0 Å². The molecule has 1 fully saturated rings. The second kappa shape index (κ2) is 11.1. The molecule has 4 rings (SSSR count). The average molecular weight is 496 g/mol. The van der Waals surface area contributed by atoms with E-state index in [9.17, 15) is 19.7 Å². The number of ether oxygens (including phenoxy) is 2. The summed E-state index contributed by atoms with van der Waals surface area (Å²) in [5, 5.41) is 16.6. The van der Waals surface area contributed by atoms with Crippen LogP contribution in [0, 0.1) is 10.1 Å². The van der Waals surface area contributed by atoms with Crippen molar-refractivity contribution in [1.29, 1.82) is 0 Å². The van der Waals surface area contributed by atoms with Crippen LogP contribution < -0.4 is 20.3 Å². The van der Waals surface area contributed by atoms with Crippen molar-refractivity contribution >= 4 is 23.4 Å². The van der Waals surface area contributed by atoms with Crippen molar-refractivity contribution in [3.63, 3.8) is 0 Å². The van der Waals surface area contributed by atoms with Crippen molar-refractivity contribution in [1.82, 2.24) is 15.5 Å². The lowest BCUT2D eigenvalue weighted by atomic mass is 9.94. The van der Waals surface area contributed by atoms with Gasteiger partial charge in [0.25, 0.3) is 5.69 Å². The van der Waals surface area contributed by atoms with E-state index in [-0.39, 0.29) is 12.3 Å². The van der Waals surface area contributed by atoms with Gasteiger partial charge < -0.3 is 25.0 Å². The zero-order valence-electron chi connectivity index (χ0n) is 20.2. The maximum atomic E-state index is 13.0. The summed E-state index contributed by atoms with van der Waals surface area (Å²) in [7, 11) is 1.64. The van der Waals surface area contributed by atoms with E-state index in [1.165, 1.54) is 12.1 Å². The summed E-state index contributed by atoms with van der Waals surface area (Å²) in [6, 6.07) is 12.5. The molecule has 11 nitrogen and oxygen atoms in total. The fraction of sp³-hybridized carbons (Fsp3) is 0.360. The van der Waals surface area contributed by atoms with Crippen LogP contribution in [-0.4, -0.2) is 68.3 Å². The first kappa shape index (κ1) is 25.0. The normalized spacial score (nSPS) is 18.3. The Balaban J connectivity index is 1.54. The molecule has 2 aromatic rings. The standard InChI is InChI=1S/C25H29N5O6/c1-3-36-24(31)22-21(26-25(32)27-23(22)17-4-6-19(7-5-17)30(33)34)16-28-12-14-29(15-13-28)18-8-10-20(35-2)11-9-18/h4-11,23H,3,12-16H2,1-2H3,(H2,26,27,32)/t23-/m1/s1. The number of nitro groups is 1. The highest BCUT2D eigenvalue weighted by atomic mass is 16.6. The molecule has 0 bridgehead atoms. The predicted molar refractivity (Wildman–Crippen MR) is 133 cm³/mol. The predicted octanol–water partition coefficient (Wildman–Crippen LogP) is 2.60. The monoisotopic (exact) mass is 495 g/mol. The molecule has 1 atom stereocenters. The lowest BCUT2D eigenvalue weighted by Crippen LogP contribution is -2.51. The minimum Gasteiger partial charge on any atom is -0.497 e. The van der Waals surface area contributed by atoms with Gasteiger partial charge in [-0.25, -0.2) is 9.59 Å². The first-order valence-electron chi connectivity index (χ1n) is 11.7. The van der Waals surface area contributed by atoms with Gasteiger partial charge in [0.15, 0.2) is 0 Å². The largest absolute Gasteiger partial charge is 0.497 e. The van der Waals surface area contributed by atoms with E-state index in [0.29, 0.717) is 23.4 Å². The van der Waals surface area contributed by atoms with Crippen LogP contribution in [0.25, 0.3) is 0 Å². The van der Waals surface area contributed by atoms with Crippen LogP contribution in [0.1, 0.15) is 18.5 Å². The lowest BCUT2D eigenvalue weighted by molar-refractivity contribution is -0.384. The smallest absolute Gasteiger partial charge is 0.338 e. The number of nitrogens with one attached hydrogen (secondary N) is 2. The van der Waals surface area contributed by atoms with E-state index in [4.69, 9.17) is 9.47 Å². The highest BCUT2D eigenvalue weighted by molar-refractivity contribution is 5.95. The van der Waals surface area contributed by atoms with Gasteiger partial charge in [-0.1, -0.05) is 0 Å². The number of methoxy groups -OCH3 is 1. The lowest BCUT2D eigenvalue weighted by Gasteiger charge is -2.38. The second-order valence-electron chi connectivity index (χ2n) is 8.45. The van der Waals surface area contributed by atoms with Crippen LogP contribution in [0.4, 0.5) is 16.2 Å². The molecule has 11 heteroatoms. The maximum absolute atomic E-state index is 13.0. The van der Waals surface area contributed by atoms with Crippen molar-refractivity contribution in [3.05, 3.63) is 75.5 Å². The topological polar surface area (TPSA) is 126 Å². The number of carbonyl (C=O) groups excluding carboxylic acids is 2. The first-order valence-corrected chi connectivity index (χ1v) is 11.7. The molecule has 0 saturated carbocycles. The third kappa shape index (κ3) is 5.57. The highest BCUT2D eigenvalue weighted by Crippen LogP contribution is 2.30. The Bertz CT molecular complexity index is 1140. The fourth-order valence-electron chi connectivity index (χ4n) is 4.41. The van der Waals surface area contributed by atoms with Gasteiger partial charge in [-0.3, -0.25) is 15.0 Å². The number of piperazine rings is 1. The Kier molecular flexibility index (Phi) is 7.69. The minimum atomic E-state index is -0.783. The number of rotatable bonds is 8. The van der Waals surface area contributed by atoms with Gasteiger partial charge >= 0.3 is 12.0 Å². The third-order valence-corrected chi connectivity index (χ3v) is 6.28. The van der Waals surface area contributed by atoms with Crippen molar-refractivity contribution in [3.8, 4) is 5.75 Å². The molecule has 0 radical (unpaired) electrons. The quantitative estimate of drug-likeness (QED) is 0.325. The van der Waals surface area contributed by atoms with E-state index in [0.717, 1.165) is 37.6 Å². The van der Waals surface area contributed by atoms with Gasteiger partial charge in [0, 0.05) is 56.2 Å². The van der Waals surface area contributed by atoms with Crippen molar-refractivity contribution in [2.75, 3.05) is 51.3 Å². The number of carbonyl (C=O) groups is 2. The van der Waals surface area contributed by atoms with Crippen LogP contribution in [0.2, 0.25) is 0 Å². The number of nitro benzene ring substituents is 1. The van der Waals surface area contributed by atoms with E-state index in [2.05, 4.69) is 20.4 Å². The molecule has 0 unspecified atom stereocenters. The molecule has 2 aliphatic rings. The second-order valence-corrected chi connectivity index (χ2v) is 8.45. The van der Waals surface area contributed by atoms with Gasteiger partial charge in [0.2, 0.25) is 0 Å². The Labute approximate surface area is 208 Å². The Morgan fingerprint density at radius 2 is 1.75 bits per heavy atom. The zero-order chi connectivity index (χ0) is 25.7. The molecule has 2 aromatic carbocycles. The zero-order valence-corrected chi connectivity index (χ0v) is 20.2. The molecule has 0 spiro atoms. The molecule has 2 heterocycles. The summed E-state index contributed by atoms with van der Waals surface area (Å²) in [6.07, 6.45) is 0. The van der Waals surface area contributed by atoms with Gasteiger partial charge in [0.05, 0.1) is 30.3 Å². The van der Waals surface area contributed by atoms with Crippen molar-refractivity contribution in [2.24, 2.45) is 0 Å². The van der Waals surface area contributed by atoms with E-state index in [1.807, 2.05) is 24.3 Å². The molecule has 36 heavy (non-hydrogen) atoms. The van der Waals surface area contributed by atoms with Crippen LogP contribution >= 0.6 is 0 Å². The summed E-state index contributed by atoms with van der Waals surface area (Å²) < 4.78 is 10.5. The number of urea groups is 1. The summed E-state index contributed by atoms with van der Waals surface area (Å²) in [5.74, 6) is 0.264. The summed E-state index contributed by atoms with van der Waals surface area (Å²) in [6.45, 7) is 5.29. The highest BCUT2D eigenvalue weighted by Gasteiger charge is 2.35. The van der Waals surface area contributed by atoms with Crippen molar-refractivity contribution < 1.29 is 24.0 Å². The Morgan fingerprint density at radius 3 is 2.33 bits per heavy atom. The molecule has 2 aliphatic heterocycles. The average Bonchev–Trinajstić information content (AvgIpc) is 2.89. The number of esters is 1. The number of hydrogen-bond acceptors (Lipinski definition) is 8.